The van der Waals surface area contributed by atoms with Crippen LogP contribution in [0, 0.1) is 11.3 Å². The molecule has 3 aliphatic rings. The van der Waals surface area contributed by atoms with Crippen molar-refractivity contribution in [2.45, 2.75) is 39.0 Å². The fourth-order valence-electron chi connectivity index (χ4n) is 4.41. The molecular weight excluding hydrogens is 246 g/mol. The van der Waals surface area contributed by atoms with E-state index in [2.05, 4.69) is 37.9 Å². The van der Waals surface area contributed by atoms with Crippen LogP contribution in [0.3, 0.4) is 0 Å². The molecule has 1 saturated carbocycles. The molecule has 0 unspecified atom stereocenters. The van der Waals surface area contributed by atoms with E-state index in [4.69, 9.17) is 4.98 Å². The highest BCUT2D eigenvalue weighted by atomic mass is 15.1. The first-order valence-corrected chi connectivity index (χ1v) is 7.48. The molecule has 104 valence electrons. The Morgan fingerprint density at radius 1 is 1.30 bits per heavy atom. The topological polar surface area (TPSA) is 30.7 Å². The highest BCUT2D eigenvalue weighted by molar-refractivity contribution is 5.53. The molecule has 2 aromatic heterocycles. The SMILES string of the molecule is C[C@@H]1c2nc(-c3nccn3C)ccc2[C@@H]2C[C@H]1C2(C)C. The number of rotatable bonds is 1. The van der Waals surface area contributed by atoms with Crippen molar-refractivity contribution in [3.63, 3.8) is 0 Å². The molecule has 3 nitrogen and oxygen atoms in total. The molecule has 0 aliphatic heterocycles. The van der Waals surface area contributed by atoms with Crippen LogP contribution >= 0.6 is 0 Å². The standard InChI is InChI=1S/C17H21N3/c1-10-12-9-13(17(12,2)3)11-5-6-14(19-15(10)11)16-18-7-8-20(16)4/h5-8,10,12-13H,9H2,1-4H3/t10-,12+,13-/m0/s1. The minimum absolute atomic E-state index is 0.443. The molecule has 0 radical (unpaired) electrons. The van der Waals surface area contributed by atoms with Gasteiger partial charge in [-0.05, 0) is 35.3 Å². The Hall–Kier alpha value is -1.64. The van der Waals surface area contributed by atoms with Gasteiger partial charge in [0.25, 0.3) is 0 Å². The molecule has 0 aromatic carbocycles. The van der Waals surface area contributed by atoms with Gasteiger partial charge in [0.1, 0.15) is 5.69 Å². The number of hydrogen-bond donors (Lipinski definition) is 0. The summed E-state index contributed by atoms with van der Waals surface area (Å²) in [5, 5.41) is 0. The van der Waals surface area contributed by atoms with Crippen LogP contribution in [0.5, 0.6) is 0 Å². The van der Waals surface area contributed by atoms with Gasteiger partial charge in [0.05, 0.1) is 0 Å². The molecule has 3 aliphatic carbocycles. The van der Waals surface area contributed by atoms with E-state index in [1.807, 2.05) is 24.0 Å². The number of nitrogens with zero attached hydrogens (tertiary/aromatic N) is 3. The number of imidazole rings is 1. The maximum absolute atomic E-state index is 4.96. The summed E-state index contributed by atoms with van der Waals surface area (Å²) >= 11 is 0. The van der Waals surface area contributed by atoms with Gasteiger partial charge in [0.2, 0.25) is 0 Å². The summed E-state index contributed by atoms with van der Waals surface area (Å²) in [7, 11) is 2.02. The molecule has 0 amide bonds. The number of aromatic nitrogens is 3. The first-order chi connectivity index (χ1) is 9.50. The smallest absolute Gasteiger partial charge is 0.158 e. The van der Waals surface area contributed by atoms with E-state index in [9.17, 15) is 0 Å². The van der Waals surface area contributed by atoms with E-state index >= 15 is 0 Å². The summed E-state index contributed by atoms with van der Waals surface area (Å²) in [4.78, 5) is 9.38. The van der Waals surface area contributed by atoms with Crippen molar-refractivity contribution in [2.24, 2.45) is 18.4 Å². The Balaban J connectivity index is 1.84. The van der Waals surface area contributed by atoms with Gasteiger partial charge < -0.3 is 4.57 Å². The lowest BCUT2D eigenvalue weighted by Crippen LogP contribution is -2.50. The second kappa shape index (κ2) is 3.72. The summed E-state index contributed by atoms with van der Waals surface area (Å²) < 4.78 is 2.03. The van der Waals surface area contributed by atoms with Crippen molar-refractivity contribution in [3.05, 3.63) is 35.8 Å². The average Bonchev–Trinajstić information content (AvgIpc) is 2.84. The van der Waals surface area contributed by atoms with Gasteiger partial charge >= 0.3 is 0 Å². The maximum Gasteiger partial charge on any atom is 0.158 e. The van der Waals surface area contributed by atoms with Crippen molar-refractivity contribution in [2.75, 3.05) is 0 Å². The zero-order valence-electron chi connectivity index (χ0n) is 12.6. The van der Waals surface area contributed by atoms with Gasteiger partial charge in [0, 0.05) is 31.1 Å². The predicted molar refractivity (Wildman–Crippen MR) is 79.5 cm³/mol. The zero-order valence-corrected chi connectivity index (χ0v) is 12.6. The molecule has 5 rings (SSSR count). The summed E-state index contributed by atoms with van der Waals surface area (Å²) in [5.74, 6) is 2.99. The molecule has 3 atom stereocenters. The van der Waals surface area contributed by atoms with Crippen LogP contribution < -0.4 is 0 Å². The Labute approximate surface area is 120 Å². The monoisotopic (exact) mass is 267 g/mol. The van der Waals surface area contributed by atoms with E-state index in [0.29, 0.717) is 17.3 Å². The minimum atomic E-state index is 0.443. The van der Waals surface area contributed by atoms with Crippen LogP contribution in [-0.4, -0.2) is 14.5 Å². The first-order valence-electron chi connectivity index (χ1n) is 7.48. The highest BCUT2D eigenvalue weighted by Crippen LogP contribution is 2.66. The lowest BCUT2D eigenvalue weighted by atomic mass is 9.45. The Morgan fingerprint density at radius 3 is 2.75 bits per heavy atom. The van der Waals surface area contributed by atoms with Gasteiger partial charge in [-0.2, -0.15) is 0 Å². The first kappa shape index (κ1) is 12.1. The van der Waals surface area contributed by atoms with Crippen molar-refractivity contribution >= 4 is 0 Å². The molecule has 0 spiro atoms. The van der Waals surface area contributed by atoms with Gasteiger partial charge in [-0.25, -0.2) is 9.97 Å². The Morgan fingerprint density at radius 2 is 2.10 bits per heavy atom. The van der Waals surface area contributed by atoms with Crippen LogP contribution in [0.4, 0.5) is 0 Å². The third-order valence-corrected chi connectivity index (χ3v) is 5.76. The molecule has 3 heteroatoms. The molecule has 2 heterocycles. The Kier molecular flexibility index (Phi) is 2.25. The number of pyridine rings is 1. The molecule has 2 bridgehead atoms. The van der Waals surface area contributed by atoms with Crippen LogP contribution in [0.25, 0.3) is 11.5 Å². The van der Waals surface area contributed by atoms with Crippen molar-refractivity contribution < 1.29 is 0 Å². The quantitative estimate of drug-likeness (QED) is 0.788. The third-order valence-electron chi connectivity index (χ3n) is 5.76. The third kappa shape index (κ3) is 1.36. The van der Waals surface area contributed by atoms with Crippen LogP contribution in [0.1, 0.15) is 50.3 Å². The molecule has 0 N–H and O–H groups in total. The van der Waals surface area contributed by atoms with Crippen molar-refractivity contribution in [1.82, 2.24) is 14.5 Å². The van der Waals surface area contributed by atoms with Gasteiger partial charge in [-0.3, -0.25) is 0 Å². The van der Waals surface area contributed by atoms with E-state index in [0.717, 1.165) is 17.4 Å². The summed E-state index contributed by atoms with van der Waals surface area (Å²) in [6, 6.07) is 4.44. The number of hydrogen-bond acceptors (Lipinski definition) is 2. The second-order valence-corrected chi connectivity index (χ2v) is 7.04. The molecular formula is C17H21N3. The molecule has 0 saturated heterocycles. The fraction of sp³-hybridized carbons (Fsp3) is 0.529. The maximum atomic E-state index is 4.96. The largest absolute Gasteiger partial charge is 0.333 e. The van der Waals surface area contributed by atoms with Crippen LogP contribution in [0.2, 0.25) is 0 Å². The van der Waals surface area contributed by atoms with Gasteiger partial charge in [0.15, 0.2) is 5.82 Å². The minimum Gasteiger partial charge on any atom is -0.333 e. The fourth-order valence-corrected chi connectivity index (χ4v) is 4.41. The van der Waals surface area contributed by atoms with Gasteiger partial charge in [-0.15, -0.1) is 0 Å². The van der Waals surface area contributed by atoms with E-state index < -0.39 is 0 Å². The zero-order chi connectivity index (χ0) is 14.1. The normalized spacial score (nSPS) is 29.7. The molecule has 2 aromatic rings. The molecule has 1 fully saturated rings. The van der Waals surface area contributed by atoms with Crippen LogP contribution in [0.15, 0.2) is 24.5 Å². The predicted octanol–water partition coefficient (Wildman–Crippen LogP) is 3.73. The van der Waals surface area contributed by atoms with E-state index in [-0.39, 0.29) is 0 Å². The van der Waals surface area contributed by atoms with Gasteiger partial charge in [-0.1, -0.05) is 26.8 Å². The summed E-state index contributed by atoms with van der Waals surface area (Å²) in [6.45, 7) is 7.17. The number of aryl methyl sites for hydroxylation is 1. The average molecular weight is 267 g/mol. The highest BCUT2D eigenvalue weighted by Gasteiger charge is 2.56. The summed E-state index contributed by atoms with van der Waals surface area (Å²) in [6.07, 6.45) is 5.14. The lowest BCUT2D eigenvalue weighted by Gasteiger charge is -2.59. The summed E-state index contributed by atoms with van der Waals surface area (Å²) in [5.41, 5.74) is 4.23. The second-order valence-electron chi connectivity index (χ2n) is 7.04. The molecule has 20 heavy (non-hydrogen) atoms. The van der Waals surface area contributed by atoms with Crippen molar-refractivity contribution in [1.29, 1.82) is 0 Å². The van der Waals surface area contributed by atoms with E-state index in [1.165, 1.54) is 17.7 Å². The van der Waals surface area contributed by atoms with Crippen molar-refractivity contribution in [3.8, 4) is 11.5 Å². The Bertz CT molecular complexity index is 683. The van der Waals surface area contributed by atoms with Crippen LogP contribution in [-0.2, 0) is 7.05 Å². The lowest BCUT2D eigenvalue weighted by molar-refractivity contribution is -0.00271. The van der Waals surface area contributed by atoms with E-state index in [1.54, 1.807) is 0 Å².